The molecule has 3 fully saturated rings. The molecule has 3 saturated carbocycles. The summed E-state index contributed by atoms with van der Waals surface area (Å²) in [5, 5.41) is 18.4. The first-order chi connectivity index (χ1) is 19.1. The lowest BCUT2D eigenvalue weighted by Gasteiger charge is -2.08. The smallest absolute Gasteiger partial charge is 0.133 e. The minimum atomic E-state index is 0. The van der Waals surface area contributed by atoms with Gasteiger partial charge in [-0.3, -0.25) is 4.79 Å². The number of nitrogens with zero attached hydrogens (tertiary/aromatic N) is 1. The summed E-state index contributed by atoms with van der Waals surface area (Å²) in [6, 6.07) is 31.9. The zero-order valence-corrected chi connectivity index (χ0v) is 24.0. The minimum absolute atomic E-state index is 0. The number of oxime groups is 1. The van der Waals surface area contributed by atoms with Gasteiger partial charge in [-0.1, -0.05) is 96.2 Å². The first-order valence-corrected chi connectivity index (χ1v) is 14.0. The van der Waals surface area contributed by atoms with Gasteiger partial charge in [-0.05, 0) is 79.4 Å². The predicted octanol–water partition coefficient (Wildman–Crippen LogP) is 7.35. The fraction of sp³-hybridized carbons (Fsp3) is 0.394. The first kappa shape index (κ1) is 33.2. The van der Waals surface area contributed by atoms with Crippen LogP contribution in [0, 0.1) is 0 Å². The molecule has 0 spiro atoms. The van der Waals surface area contributed by atoms with Crippen molar-refractivity contribution in [3.05, 3.63) is 108 Å². The highest BCUT2D eigenvalue weighted by Crippen LogP contribution is 2.34. The van der Waals surface area contributed by atoms with Crippen LogP contribution < -0.4 is 11.6 Å². The van der Waals surface area contributed by atoms with Gasteiger partial charge >= 0.3 is 0 Å². The fourth-order valence-corrected chi connectivity index (χ4v) is 5.80. The summed E-state index contributed by atoms with van der Waals surface area (Å²) in [7, 11) is 0. The molecule has 6 N–H and O–H groups in total. The summed E-state index contributed by atoms with van der Waals surface area (Å²) in [6.07, 6.45) is 9.18. The van der Waals surface area contributed by atoms with E-state index >= 15 is 0 Å². The average molecular weight is 566 g/mol. The number of rotatable bonds is 3. The van der Waals surface area contributed by atoms with E-state index < -0.39 is 0 Å². The lowest BCUT2D eigenvalue weighted by molar-refractivity contribution is -0.117. The number of halogens is 1. The first-order valence-electron chi connectivity index (χ1n) is 14.0. The van der Waals surface area contributed by atoms with E-state index in [4.69, 9.17) is 16.1 Å². The van der Waals surface area contributed by atoms with E-state index in [0.29, 0.717) is 23.7 Å². The molecular weight excluding hydrogens is 522 g/mol. The Morgan fingerprint density at radius 2 is 1.07 bits per heavy atom. The molecule has 0 bridgehead atoms. The highest BCUT2D eigenvalue weighted by atomic mass is 35.5. The topological polar surface area (TPSA) is 122 Å². The lowest BCUT2D eigenvalue weighted by Crippen LogP contribution is -2.14. The van der Waals surface area contributed by atoms with Crippen molar-refractivity contribution >= 4 is 23.9 Å². The van der Waals surface area contributed by atoms with Gasteiger partial charge in [0.2, 0.25) is 0 Å². The van der Waals surface area contributed by atoms with Crippen LogP contribution in [0.25, 0.3) is 0 Å². The third-order valence-corrected chi connectivity index (χ3v) is 7.94. The van der Waals surface area contributed by atoms with Crippen molar-refractivity contribution in [1.29, 1.82) is 0 Å². The summed E-state index contributed by atoms with van der Waals surface area (Å²) in [5.41, 5.74) is 10.9. The van der Waals surface area contributed by atoms with Crippen LogP contribution in [-0.2, 0) is 4.79 Å². The molecular formula is C33H44ClN3O3. The second-order valence-corrected chi connectivity index (χ2v) is 10.6. The SMILES string of the molecule is Cl.NC1CC[C@H](c2ccccc2)C1.NO.O/N=C1\CC[C@H](c2ccccc2)C1.O=C1CC[C@H](c2ccccc2)C1. The van der Waals surface area contributed by atoms with Crippen molar-refractivity contribution in [2.75, 3.05) is 0 Å². The van der Waals surface area contributed by atoms with E-state index in [-0.39, 0.29) is 12.4 Å². The third kappa shape index (κ3) is 10.5. The van der Waals surface area contributed by atoms with Gasteiger partial charge in [-0.2, -0.15) is 0 Å². The maximum atomic E-state index is 11.0. The number of hydrogen-bond acceptors (Lipinski definition) is 6. The number of Topliss-reactive ketones (excluding diaryl/α,β-unsaturated/α-hetero) is 1. The Kier molecular flexibility index (Phi) is 15.2. The number of carbonyl (C=O) groups excluding carboxylic acids is 1. The molecule has 1 unspecified atom stereocenters. The normalized spacial score (nSPS) is 24.0. The summed E-state index contributed by atoms with van der Waals surface area (Å²) < 4.78 is 0. The summed E-state index contributed by atoms with van der Waals surface area (Å²) >= 11 is 0. The number of carbonyl (C=O) groups is 1. The van der Waals surface area contributed by atoms with Crippen LogP contribution in [0.2, 0.25) is 0 Å². The third-order valence-electron chi connectivity index (χ3n) is 7.94. The van der Waals surface area contributed by atoms with Gasteiger partial charge in [0.15, 0.2) is 0 Å². The van der Waals surface area contributed by atoms with Gasteiger partial charge in [-0.15, -0.1) is 12.4 Å². The van der Waals surface area contributed by atoms with Crippen molar-refractivity contribution < 1.29 is 15.2 Å². The molecule has 0 aliphatic heterocycles. The lowest BCUT2D eigenvalue weighted by atomic mass is 9.98. The van der Waals surface area contributed by atoms with E-state index in [1.165, 1.54) is 36.0 Å². The second-order valence-electron chi connectivity index (χ2n) is 10.6. The Hall–Kier alpha value is -3.03. The fourth-order valence-electron chi connectivity index (χ4n) is 5.80. The van der Waals surface area contributed by atoms with E-state index in [2.05, 4.69) is 77.8 Å². The molecule has 4 atom stereocenters. The Morgan fingerprint density at radius 3 is 1.45 bits per heavy atom. The maximum absolute atomic E-state index is 11.0. The zero-order valence-electron chi connectivity index (χ0n) is 23.1. The van der Waals surface area contributed by atoms with E-state index in [1.54, 1.807) is 0 Å². The predicted molar refractivity (Wildman–Crippen MR) is 165 cm³/mol. The molecule has 0 radical (unpaired) electrons. The van der Waals surface area contributed by atoms with Crippen molar-refractivity contribution in [2.24, 2.45) is 16.8 Å². The van der Waals surface area contributed by atoms with Gasteiger partial charge in [-0.25, -0.2) is 5.90 Å². The number of nitrogens with two attached hydrogens (primary N) is 2. The highest BCUT2D eigenvalue weighted by Gasteiger charge is 2.24. The molecule has 3 aromatic carbocycles. The zero-order chi connectivity index (χ0) is 27.9. The Labute approximate surface area is 244 Å². The largest absolute Gasteiger partial charge is 0.411 e. The Balaban J connectivity index is 0.000000201. The van der Waals surface area contributed by atoms with E-state index in [1.807, 2.05) is 24.3 Å². The van der Waals surface area contributed by atoms with Crippen LogP contribution in [0.3, 0.4) is 0 Å². The highest BCUT2D eigenvalue weighted by molar-refractivity contribution is 5.86. The average Bonchev–Trinajstić information content (AvgIpc) is 3.78. The molecule has 6 rings (SSSR count). The molecule has 0 amide bonds. The molecule has 3 aliphatic carbocycles. The Morgan fingerprint density at radius 1 is 0.625 bits per heavy atom. The van der Waals surface area contributed by atoms with Crippen LogP contribution in [-0.4, -0.2) is 28.0 Å². The quantitative estimate of drug-likeness (QED) is 0.195. The monoisotopic (exact) mass is 565 g/mol. The molecule has 7 heteroatoms. The van der Waals surface area contributed by atoms with Crippen molar-refractivity contribution in [3.63, 3.8) is 0 Å². The van der Waals surface area contributed by atoms with E-state index in [0.717, 1.165) is 50.2 Å². The molecule has 0 heterocycles. The van der Waals surface area contributed by atoms with Crippen LogP contribution in [0.1, 0.15) is 92.2 Å². The standard InChI is InChI=1S/C11H13NO.C11H15N.C11H12O.ClH.H3NO/c13-12-11-7-6-10(8-11)9-4-2-1-3-5-9;2*12-11-7-6-10(8-11)9-4-2-1-3-5-9;;1-2/h1-5,10,13H,6-8H2;1-5,10-11H,6-8,12H2;1-5,10H,6-8H2;1H;2H,1H2/b12-11+;;;;/t10-;10-,11?;10-;;/m000../s1. The van der Waals surface area contributed by atoms with Gasteiger partial charge in [0.1, 0.15) is 5.78 Å². The summed E-state index contributed by atoms with van der Waals surface area (Å²) in [5.74, 6) is 5.70. The van der Waals surface area contributed by atoms with Crippen LogP contribution in [0.5, 0.6) is 0 Å². The van der Waals surface area contributed by atoms with Gasteiger partial charge in [0.25, 0.3) is 0 Å². The number of hydrogen-bond donors (Lipinski definition) is 4. The molecule has 0 aromatic heterocycles. The molecule has 3 aliphatic rings. The number of ketones is 1. The summed E-state index contributed by atoms with van der Waals surface area (Å²) in [6.45, 7) is 0. The van der Waals surface area contributed by atoms with Crippen molar-refractivity contribution in [3.8, 4) is 0 Å². The van der Waals surface area contributed by atoms with Crippen LogP contribution >= 0.6 is 12.4 Å². The maximum Gasteiger partial charge on any atom is 0.133 e. The van der Waals surface area contributed by atoms with Gasteiger partial charge in [0, 0.05) is 18.9 Å². The van der Waals surface area contributed by atoms with Crippen LogP contribution in [0.4, 0.5) is 0 Å². The van der Waals surface area contributed by atoms with Crippen molar-refractivity contribution in [2.45, 2.75) is 81.6 Å². The number of benzene rings is 3. The van der Waals surface area contributed by atoms with Gasteiger partial charge in [0.05, 0.1) is 5.71 Å². The Bertz CT molecular complexity index is 1130. The molecule has 3 aromatic rings. The molecule has 40 heavy (non-hydrogen) atoms. The van der Waals surface area contributed by atoms with Gasteiger partial charge < -0.3 is 16.1 Å². The van der Waals surface area contributed by atoms with Crippen LogP contribution in [0.15, 0.2) is 96.2 Å². The molecule has 216 valence electrons. The van der Waals surface area contributed by atoms with Crippen molar-refractivity contribution in [1.82, 2.24) is 0 Å². The van der Waals surface area contributed by atoms with E-state index in [9.17, 15) is 4.79 Å². The minimum Gasteiger partial charge on any atom is -0.411 e. The molecule has 0 saturated heterocycles. The summed E-state index contributed by atoms with van der Waals surface area (Å²) in [4.78, 5) is 11.0. The molecule has 6 nitrogen and oxygen atoms in total. The second kappa shape index (κ2) is 18.3.